The first-order valence-corrected chi connectivity index (χ1v) is 9.43. The molecular weight excluding hydrogens is 366 g/mol. The van der Waals surface area contributed by atoms with Crippen molar-refractivity contribution in [3.63, 3.8) is 0 Å². The molecule has 0 radical (unpaired) electrons. The number of rotatable bonds is 9. The molecule has 6 nitrogen and oxygen atoms in total. The van der Waals surface area contributed by atoms with Crippen LogP contribution in [-0.2, 0) is 6.54 Å². The van der Waals surface area contributed by atoms with Crippen LogP contribution in [-0.4, -0.2) is 31.2 Å². The topological polar surface area (TPSA) is 72.5 Å². The summed E-state index contributed by atoms with van der Waals surface area (Å²) in [5, 5.41) is 6.15. The van der Waals surface area contributed by atoms with E-state index in [-0.39, 0.29) is 5.91 Å². The van der Waals surface area contributed by atoms with Crippen molar-refractivity contribution in [2.75, 3.05) is 25.6 Å². The van der Waals surface area contributed by atoms with E-state index in [9.17, 15) is 4.79 Å². The SMILES string of the molecule is COc1ccc(OCCNc2cncc(C(=O)NCc3cccc(C)c3)c2)cc1. The number of hydrogen-bond acceptors (Lipinski definition) is 5. The van der Waals surface area contributed by atoms with Gasteiger partial charge in [-0.15, -0.1) is 0 Å². The second-order valence-electron chi connectivity index (χ2n) is 6.58. The number of pyridine rings is 1. The lowest BCUT2D eigenvalue weighted by atomic mass is 10.1. The molecule has 0 atom stereocenters. The van der Waals surface area contributed by atoms with Crippen molar-refractivity contribution in [1.29, 1.82) is 0 Å². The lowest BCUT2D eigenvalue weighted by Gasteiger charge is -2.10. The van der Waals surface area contributed by atoms with Crippen molar-refractivity contribution in [2.24, 2.45) is 0 Å². The third-order valence-corrected chi connectivity index (χ3v) is 4.30. The van der Waals surface area contributed by atoms with Gasteiger partial charge in [0.25, 0.3) is 5.91 Å². The van der Waals surface area contributed by atoms with Crippen molar-refractivity contribution in [2.45, 2.75) is 13.5 Å². The number of carbonyl (C=O) groups excluding carboxylic acids is 1. The summed E-state index contributed by atoms with van der Waals surface area (Å²) in [5.41, 5.74) is 3.52. The molecule has 1 aromatic heterocycles. The fraction of sp³-hybridized carbons (Fsp3) is 0.217. The Bertz CT molecular complexity index is 942. The monoisotopic (exact) mass is 391 g/mol. The van der Waals surface area contributed by atoms with Crippen molar-refractivity contribution in [3.8, 4) is 11.5 Å². The molecule has 2 aromatic carbocycles. The molecule has 0 bridgehead atoms. The highest BCUT2D eigenvalue weighted by molar-refractivity contribution is 5.94. The van der Waals surface area contributed by atoms with Gasteiger partial charge in [0.2, 0.25) is 0 Å². The minimum Gasteiger partial charge on any atom is -0.497 e. The van der Waals surface area contributed by atoms with Crippen molar-refractivity contribution in [1.82, 2.24) is 10.3 Å². The second kappa shape index (κ2) is 10.1. The predicted molar refractivity (Wildman–Crippen MR) is 114 cm³/mol. The molecule has 29 heavy (non-hydrogen) atoms. The normalized spacial score (nSPS) is 10.3. The summed E-state index contributed by atoms with van der Waals surface area (Å²) >= 11 is 0. The van der Waals surface area contributed by atoms with Gasteiger partial charge in [-0.3, -0.25) is 9.78 Å². The van der Waals surface area contributed by atoms with E-state index in [1.807, 2.05) is 49.4 Å². The number of anilines is 1. The molecule has 3 aromatic rings. The Kier molecular flexibility index (Phi) is 7.05. The van der Waals surface area contributed by atoms with E-state index in [1.54, 1.807) is 25.6 Å². The summed E-state index contributed by atoms with van der Waals surface area (Å²) in [4.78, 5) is 16.6. The van der Waals surface area contributed by atoms with Gasteiger partial charge in [-0.1, -0.05) is 29.8 Å². The zero-order chi connectivity index (χ0) is 20.5. The number of amides is 1. The van der Waals surface area contributed by atoms with Crippen LogP contribution in [0, 0.1) is 6.92 Å². The van der Waals surface area contributed by atoms with Crippen molar-refractivity contribution in [3.05, 3.63) is 83.7 Å². The van der Waals surface area contributed by atoms with Gasteiger partial charge in [0.15, 0.2) is 0 Å². The molecule has 0 saturated carbocycles. The Morgan fingerprint density at radius 2 is 1.83 bits per heavy atom. The molecule has 0 aliphatic heterocycles. The van der Waals surface area contributed by atoms with Gasteiger partial charge >= 0.3 is 0 Å². The first-order valence-electron chi connectivity index (χ1n) is 9.43. The maximum atomic E-state index is 12.4. The molecular formula is C23H25N3O3. The van der Waals surface area contributed by atoms with E-state index in [4.69, 9.17) is 9.47 Å². The van der Waals surface area contributed by atoms with Crippen LogP contribution < -0.4 is 20.1 Å². The van der Waals surface area contributed by atoms with Gasteiger partial charge in [0.05, 0.1) is 18.4 Å². The predicted octanol–water partition coefficient (Wildman–Crippen LogP) is 3.82. The van der Waals surface area contributed by atoms with Gasteiger partial charge in [-0.05, 0) is 42.8 Å². The Morgan fingerprint density at radius 1 is 1.03 bits per heavy atom. The average Bonchev–Trinajstić information content (AvgIpc) is 2.76. The van der Waals surface area contributed by atoms with Crippen molar-refractivity contribution < 1.29 is 14.3 Å². The van der Waals surface area contributed by atoms with Crippen LogP contribution in [0.15, 0.2) is 67.0 Å². The smallest absolute Gasteiger partial charge is 0.253 e. The summed E-state index contributed by atoms with van der Waals surface area (Å²) in [6.07, 6.45) is 3.25. The molecule has 2 N–H and O–H groups in total. The molecule has 1 amide bonds. The molecule has 0 aliphatic carbocycles. The third kappa shape index (κ3) is 6.24. The minimum atomic E-state index is -0.155. The molecule has 0 spiro atoms. The van der Waals surface area contributed by atoms with Crippen LogP contribution >= 0.6 is 0 Å². The van der Waals surface area contributed by atoms with Gasteiger partial charge in [0, 0.05) is 25.5 Å². The van der Waals surface area contributed by atoms with E-state index in [0.29, 0.717) is 25.3 Å². The number of aromatic nitrogens is 1. The molecule has 0 fully saturated rings. The van der Waals surface area contributed by atoms with Gasteiger partial charge in [-0.25, -0.2) is 0 Å². The summed E-state index contributed by atoms with van der Waals surface area (Å²) in [7, 11) is 1.63. The Hall–Kier alpha value is -3.54. The molecule has 6 heteroatoms. The molecule has 0 saturated heterocycles. The summed E-state index contributed by atoms with van der Waals surface area (Å²) < 4.78 is 10.8. The largest absolute Gasteiger partial charge is 0.497 e. The van der Waals surface area contributed by atoms with E-state index in [2.05, 4.69) is 21.7 Å². The molecule has 0 aliphatic rings. The van der Waals surface area contributed by atoms with Gasteiger partial charge in [0.1, 0.15) is 18.1 Å². The molecule has 1 heterocycles. The Balaban J connectivity index is 1.46. The van der Waals surface area contributed by atoms with Crippen LogP contribution in [0.25, 0.3) is 0 Å². The van der Waals surface area contributed by atoms with Gasteiger partial charge in [-0.2, -0.15) is 0 Å². The molecule has 0 unspecified atom stereocenters. The first kappa shape index (κ1) is 20.2. The van der Waals surface area contributed by atoms with Gasteiger partial charge < -0.3 is 20.1 Å². The summed E-state index contributed by atoms with van der Waals surface area (Å²) in [6.45, 7) is 3.58. The number of carbonyl (C=O) groups is 1. The number of aryl methyl sites for hydroxylation is 1. The number of nitrogens with one attached hydrogen (secondary N) is 2. The number of benzene rings is 2. The average molecular weight is 391 g/mol. The number of methoxy groups -OCH3 is 1. The highest BCUT2D eigenvalue weighted by Crippen LogP contribution is 2.17. The first-order chi connectivity index (χ1) is 14.1. The minimum absolute atomic E-state index is 0.155. The van der Waals surface area contributed by atoms with E-state index in [0.717, 1.165) is 22.7 Å². The van der Waals surface area contributed by atoms with Crippen LogP contribution in [0.5, 0.6) is 11.5 Å². The van der Waals surface area contributed by atoms with Crippen LogP contribution in [0.2, 0.25) is 0 Å². The van der Waals surface area contributed by atoms with Crippen LogP contribution in [0.4, 0.5) is 5.69 Å². The fourth-order valence-electron chi connectivity index (χ4n) is 2.80. The standard InChI is InChI=1S/C23H25N3O3/c1-17-4-3-5-18(12-17)14-26-23(27)19-13-20(16-24-15-19)25-10-11-29-22-8-6-21(28-2)7-9-22/h3-9,12-13,15-16,25H,10-11,14H2,1-2H3,(H,26,27). The maximum absolute atomic E-state index is 12.4. The van der Waals surface area contributed by atoms with E-state index >= 15 is 0 Å². The zero-order valence-electron chi connectivity index (χ0n) is 16.6. The van der Waals surface area contributed by atoms with Crippen molar-refractivity contribution >= 4 is 11.6 Å². The Labute approximate surface area is 170 Å². The number of hydrogen-bond donors (Lipinski definition) is 2. The van der Waals surface area contributed by atoms with E-state index < -0.39 is 0 Å². The lowest BCUT2D eigenvalue weighted by Crippen LogP contribution is -2.23. The maximum Gasteiger partial charge on any atom is 0.253 e. The third-order valence-electron chi connectivity index (χ3n) is 4.30. The fourth-order valence-corrected chi connectivity index (χ4v) is 2.80. The second-order valence-corrected chi connectivity index (χ2v) is 6.58. The molecule has 150 valence electrons. The highest BCUT2D eigenvalue weighted by atomic mass is 16.5. The Morgan fingerprint density at radius 3 is 2.59 bits per heavy atom. The van der Waals surface area contributed by atoms with Crippen LogP contribution in [0.1, 0.15) is 21.5 Å². The zero-order valence-corrected chi connectivity index (χ0v) is 16.6. The summed E-state index contributed by atoms with van der Waals surface area (Å²) in [6, 6.07) is 17.3. The lowest BCUT2D eigenvalue weighted by molar-refractivity contribution is 0.0950. The highest BCUT2D eigenvalue weighted by Gasteiger charge is 2.07. The van der Waals surface area contributed by atoms with E-state index in [1.165, 1.54) is 5.56 Å². The number of ether oxygens (including phenoxy) is 2. The number of nitrogens with zero attached hydrogens (tertiary/aromatic N) is 1. The summed E-state index contributed by atoms with van der Waals surface area (Å²) in [5.74, 6) is 1.41. The quantitative estimate of drug-likeness (QED) is 0.543. The van der Waals surface area contributed by atoms with Crippen LogP contribution in [0.3, 0.4) is 0 Å². The molecule has 3 rings (SSSR count).